The van der Waals surface area contributed by atoms with Crippen molar-refractivity contribution in [1.29, 1.82) is 0 Å². The lowest BCUT2D eigenvalue weighted by Gasteiger charge is -2.46. The highest BCUT2D eigenvalue weighted by Gasteiger charge is 2.52. The molecule has 0 radical (unpaired) electrons. The summed E-state index contributed by atoms with van der Waals surface area (Å²) < 4.78 is 6.86. The minimum atomic E-state index is -0.875. The van der Waals surface area contributed by atoms with Gasteiger partial charge in [-0.05, 0) is 47.2 Å². The average molecular weight is 371 g/mol. The van der Waals surface area contributed by atoms with Crippen LogP contribution in [0, 0.1) is 12.3 Å². The van der Waals surface area contributed by atoms with Crippen molar-refractivity contribution in [3.63, 3.8) is 0 Å². The highest BCUT2D eigenvalue weighted by atomic mass is 79.9. The van der Waals surface area contributed by atoms with E-state index in [1.807, 2.05) is 13.0 Å². The quantitative estimate of drug-likeness (QED) is 0.869. The molecule has 0 spiro atoms. The SMILES string of the molecule is Cc1ncc(Br)cc1OCC1(C(C)(C)C)CCCN1C(=O)O. The van der Waals surface area contributed by atoms with Crippen LogP contribution in [0.25, 0.3) is 0 Å². The maximum atomic E-state index is 11.6. The molecule has 2 rings (SSSR count). The van der Waals surface area contributed by atoms with Gasteiger partial charge in [-0.25, -0.2) is 4.79 Å². The second-order valence-electron chi connectivity index (χ2n) is 6.85. The summed E-state index contributed by atoms with van der Waals surface area (Å²) in [5.41, 5.74) is 0.0650. The van der Waals surface area contributed by atoms with E-state index in [0.29, 0.717) is 18.9 Å². The number of likely N-dealkylation sites (tertiary alicyclic amines) is 1. The van der Waals surface area contributed by atoms with E-state index >= 15 is 0 Å². The summed E-state index contributed by atoms with van der Waals surface area (Å²) in [7, 11) is 0. The van der Waals surface area contributed by atoms with Crippen molar-refractivity contribution in [3.8, 4) is 5.75 Å². The molecule has 1 aliphatic heterocycles. The van der Waals surface area contributed by atoms with Crippen molar-refractivity contribution in [2.45, 2.75) is 46.1 Å². The number of nitrogens with zero attached hydrogens (tertiary/aromatic N) is 2. The van der Waals surface area contributed by atoms with Crippen molar-refractivity contribution in [1.82, 2.24) is 9.88 Å². The van der Waals surface area contributed by atoms with E-state index in [9.17, 15) is 9.90 Å². The van der Waals surface area contributed by atoms with Gasteiger partial charge in [-0.3, -0.25) is 9.88 Å². The number of aromatic nitrogens is 1. The maximum Gasteiger partial charge on any atom is 0.407 e. The second kappa shape index (κ2) is 6.07. The maximum absolute atomic E-state index is 11.6. The fourth-order valence-electron chi connectivity index (χ4n) is 3.14. The Balaban J connectivity index is 2.29. The first-order valence-electron chi connectivity index (χ1n) is 7.43. The van der Waals surface area contributed by atoms with E-state index in [2.05, 4.69) is 41.7 Å². The number of halogens is 1. The fourth-order valence-corrected chi connectivity index (χ4v) is 3.45. The molecule has 5 nitrogen and oxygen atoms in total. The van der Waals surface area contributed by atoms with Crippen molar-refractivity contribution < 1.29 is 14.6 Å². The van der Waals surface area contributed by atoms with Gasteiger partial charge in [0.15, 0.2) is 0 Å². The molecule has 0 aliphatic carbocycles. The van der Waals surface area contributed by atoms with Crippen LogP contribution < -0.4 is 4.74 Å². The third-order valence-electron chi connectivity index (χ3n) is 4.59. The molecule has 22 heavy (non-hydrogen) atoms. The number of hydrogen-bond acceptors (Lipinski definition) is 3. The lowest BCUT2D eigenvalue weighted by atomic mass is 9.72. The topological polar surface area (TPSA) is 62.7 Å². The normalized spacial score (nSPS) is 22.0. The van der Waals surface area contributed by atoms with Gasteiger partial charge in [0.1, 0.15) is 12.4 Å². The number of amides is 1. The molecular formula is C16H23BrN2O3. The lowest BCUT2D eigenvalue weighted by molar-refractivity contribution is -0.00394. The largest absolute Gasteiger partial charge is 0.489 e. The van der Waals surface area contributed by atoms with Gasteiger partial charge in [0.05, 0.1) is 11.2 Å². The van der Waals surface area contributed by atoms with Crippen LogP contribution in [0.3, 0.4) is 0 Å². The third-order valence-corrected chi connectivity index (χ3v) is 5.02. The van der Waals surface area contributed by atoms with E-state index in [1.54, 1.807) is 11.1 Å². The van der Waals surface area contributed by atoms with E-state index in [4.69, 9.17) is 4.74 Å². The summed E-state index contributed by atoms with van der Waals surface area (Å²) in [5, 5.41) is 9.56. The van der Waals surface area contributed by atoms with E-state index in [-0.39, 0.29) is 5.41 Å². The van der Waals surface area contributed by atoms with Gasteiger partial charge >= 0.3 is 6.09 Å². The first kappa shape index (κ1) is 17.1. The molecule has 1 amide bonds. The molecule has 1 saturated heterocycles. The van der Waals surface area contributed by atoms with Crippen molar-refractivity contribution in [2.24, 2.45) is 5.41 Å². The summed E-state index contributed by atoms with van der Waals surface area (Å²) in [4.78, 5) is 17.5. The Hall–Kier alpha value is -1.30. The molecule has 1 aromatic heterocycles. The van der Waals surface area contributed by atoms with E-state index in [0.717, 1.165) is 23.0 Å². The molecule has 0 bridgehead atoms. The molecule has 1 atom stereocenters. The van der Waals surface area contributed by atoms with Gasteiger partial charge in [0, 0.05) is 17.2 Å². The van der Waals surface area contributed by atoms with Crippen LogP contribution in [0.4, 0.5) is 4.79 Å². The van der Waals surface area contributed by atoms with Crippen molar-refractivity contribution in [3.05, 3.63) is 22.4 Å². The predicted octanol–water partition coefficient (Wildman–Crippen LogP) is 4.09. The first-order valence-corrected chi connectivity index (χ1v) is 8.22. The molecule has 1 aromatic rings. The standard InChI is InChI=1S/C16H23BrN2O3/c1-11-13(8-12(17)9-18-11)22-10-16(15(2,3)4)6-5-7-19(16)14(20)21/h8-9H,5-7,10H2,1-4H3,(H,20,21). The summed E-state index contributed by atoms with van der Waals surface area (Å²) in [6, 6.07) is 1.87. The molecule has 1 N–H and O–H groups in total. The van der Waals surface area contributed by atoms with Crippen LogP contribution in [-0.4, -0.2) is 39.8 Å². The number of carboxylic acid groups (broad SMARTS) is 1. The van der Waals surface area contributed by atoms with Crippen LogP contribution in [0.1, 0.15) is 39.3 Å². The van der Waals surface area contributed by atoms with E-state index < -0.39 is 11.6 Å². The molecule has 0 aromatic carbocycles. The minimum Gasteiger partial charge on any atom is -0.489 e. The van der Waals surface area contributed by atoms with Gasteiger partial charge in [-0.1, -0.05) is 20.8 Å². The number of pyridine rings is 1. The van der Waals surface area contributed by atoms with Crippen LogP contribution in [0.5, 0.6) is 5.75 Å². The van der Waals surface area contributed by atoms with Crippen molar-refractivity contribution in [2.75, 3.05) is 13.2 Å². The van der Waals surface area contributed by atoms with E-state index in [1.165, 1.54) is 0 Å². The minimum absolute atomic E-state index is 0.213. The van der Waals surface area contributed by atoms with Gasteiger partial charge in [-0.15, -0.1) is 0 Å². The Kier molecular flexibility index (Phi) is 4.70. The summed E-state index contributed by atoms with van der Waals surface area (Å²) in [6.07, 6.45) is 2.52. The Labute approximate surface area is 139 Å². The van der Waals surface area contributed by atoms with Gasteiger partial charge in [0.25, 0.3) is 0 Å². The number of aryl methyl sites for hydroxylation is 1. The molecule has 2 heterocycles. The fraction of sp³-hybridized carbons (Fsp3) is 0.625. The highest BCUT2D eigenvalue weighted by Crippen LogP contribution is 2.44. The second-order valence-corrected chi connectivity index (χ2v) is 7.76. The molecule has 1 unspecified atom stereocenters. The van der Waals surface area contributed by atoms with Gasteiger partial charge in [-0.2, -0.15) is 0 Å². The van der Waals surface area contributed by atoms with Crippen LogP contribution >= 0.6 is 15.9 Å². The Morgan fingerprint density at radius 2 is 2.23 bits per heavy atom. The first-order chi connectivity index (χ1) is 10.2. The molecule has 1 fully saturated rings. The Morgan fingerprint density at radius 3 is 2.82 bits per heavy atom. The van der Waals surface area contributed by atoms with Gasteiger partial charge < -0.3 is 9.84 Å². The zero-order valence-electron chi connectivity index (χ0n) is 13.5. The molecule has 0 saturated carbocycles. The summed E-state index contributed by atoms with van der Waals surface area (Å²) >= 11 is 3.39. The number of rotatable bonds is 3. The van der Waals surface area contributed by atoms with Crippen LogP contribution in [-0.2, 0) is 0 Å². The summed E-state index contributed by atoms with van der Waals surface area (Å²) in [6.45, 7) is 9.00. The smallest absolute Gasteiger partial charge is 0.407 e. The molecule has 122 valence electrons. The third kappa shape index (κ3) is 3.07. The highest BCUT2D eigenvalue weighted by molar-refractivity contribution is 9.10. The average Bonchev–Trinajstić information content (AvgIpc) is 2.85. The Morgan fingerprint density at radius 1 is 1.55 bits per heavy atom. The number of ether oxygens (including phenoxy) is 1. The summed E-state index contributed by atoms with van der Waals surface area (Å²) in [5.74, 6) is 0.690. The van der Waals surface area contributed by atoms with Crippen LogP contribution in [0.15, 0.2) is 16.7 Å². The number of carbonyl (C=O) groups is 1. The lowest BCUT2D eigenvalue weighted by Crippen LogP contribution is -2.58. The van der Waals surface area contributed by atoms with Crippen LogP contribution in [0.2, 0.25) is 0 Å². The Bertz CT molecular complexity index is 571. The predicted molar refractivity (Wildman–Crippen MR) is 88.3 cm³/mol. The van der Waals surface area contributed by atoms with Gasteiger partial charge in [0.2, 0.25) is 0 Å². The zero-order valence-corrected chi connectivity index (χ0v) is 15.1. The number of hydrogen-bond donors (Lipinski definition) is 1. The monoisotopic (exact) mass is 370 g/mol. The molecule has 6 heteroatoms. The molecular weight excluding hydrogens is 348 g/mol. The molecule has 1 aliphatic rings. The zero-order chi connectivity index (χ0) is 16.5. The van der Waals surface area contributed by atoms with Crippen molar-refractivity contribution >= 4 is 22.0 Å².